The lowest BCUT2D eigenvalue weighted by Crippen LogP contribution is -2.22. The number of nitrogens with one attached hydrogen (secondary N) is 1. The van der Waals surface area contributed by atoms with Crippen LogP contribution >= 0.6 is 0 Å². The van der Waals surface area contributed by atoms with Crippen molar-refractivity contribution in [3.63, 3.8) is 0 Å². The van der Waals surface area contributed by atoms with Crippen LogP contribution in [0.2, 0.25) is 0 Å². The van der Waals surface area contributed by atoms with Crippen molar-refractivity contribution in [3.8, 4) is 5.75 Å². The van der Waals surface area contributed by atoms with Crippen LogP contribution in [-0.4, -0.2) is 25.1 Å². The molecule has 28 heavy (non-hydrogen) atoms. The molecule has 0 bridgehead atoms. The van der Waals surface area contributed by atoms with Crippen molar-refractivity contribution in [3.05, 3.63) is 59.2 Å². The average Bonchev–Trinajstić information content (AvgIpc) is 2.72. The summed E-state index contributed by atoms with van der Waals surface area (Å²) in [5, 5.41) is 2.89. The molecule has 1 N–H and O–H groups in total. The molecule has 0 spiro atoms. The van der Waals surface area contributed by atoms with E-state index in [0.29, 0.717) is 17.9 Å². The number of anilines is 1. The summed E-state index contributed by atoms with van der Waals surface area (Å²) in [5.74, 6) is -0.163. The molecule has 1 amide bonds. The highest BCUT2D eigenvalue weighted by Crippen LogP contribution is 2.22. The SMILES string of the molecule is CCCCOc1ccc(C(=O)OCC(=O)Nc2c(CC)cccc2CC)cc1. The largest absolute Gasteiger partial charge is 0.494 e. The number of carbonyl (C=O) groups excluding carboxylic acids is 2. The van der Waals surface area contributed by atoms with Crippen LogP contribution in [0.5, 0.6) is 5.75 Å². The zero-order chi connectivity index (χ0) is 20.4. The fourth-order valence-corrected chi connectivity index (χ4v) is 2.81. The first-order valence-electron chi connectivity index (χ1n) is 9.89. The fraction of sp³-hybridized carbons (Fsp3) is 0.391. The second-order valence-corrected chi connectivity index (χ2v) is 6.51. The number of aryl methyl sites for hydroxylation is 2. The third-order valence-corrected chi connectivity index (χ3v) is 4.45. The van der Waals surface area contributed by atoms with Crippen molar-refractivity contribution in [2.45, 2.75) is 46.5 Å². The summed E-state index contributed by atoms with van der Waals surface area (Å²) in [6.07, 6.45) is 3.68. The maximum atomic E-state index is 12.3. The van der Waals surface area contributed by atoms with Gasteiger partial charge in [-0.1, -0.05) is 45.4 Å². The van der Waals surface area contributed by atoms with Crippen LogP contribution in [0.25, 0.3) is 0 Å². The van der Waals surface area contributed by atoms with E-state index in [2.05, 4.69) is 12.2 Å². The fourth-order valence-electron chi connectivity index (χ4n) is 2.81. The van der Waals surface area contributed by atoms with Crippen LogP contribution in [0.3, 0.4) is 0 Å². The van der Waals surface area contributed by atoms with Gasteiger partial charge < -0.3 is 14.8 Å². The lowest BCUT2D eigenvalue weighted by atomic mass is 10.0. The Kier molecular flexibility index (Phi) is 8.53. The van der Waals surface area contributed by atoms with E-state index in [4.69, 9.17) is 9.47 Å². The highest BCUT2D eigenvalue weighted by molar-refractivity contribution is 5.96. The van der Waals surface area contributed by atoms with Gasteiger partial charge in [-0.3, -0.25) is 4.79 Å². The molecule has 150 valence electrons. The monoisotopic (exact) mass is 383 g/mol. The Morgan fingerprint density at radius 2 is 1.57 bits per heavy atom. The zero-order valence-corrected chi connectivity index (χ0v) is 16.9. The van der Waals surface area contributed by atoms with Crippen molar-refractivity contribution in [1.29, 1.82) is 0 Å². The van der Waals surface area contributed by atoms with Gasteiger partial charge in [-0.15, -0.1) is 0 Å². The van der Waals surface area contributed by atoms with Crippen LogP contribution in [0.4, 0.5) is 5.69 Å². The van der Waals surface area contributed by atoms with Crippen LogP contribution in [0, 0.1) is 0 Å². The molecule has 2 rings (SSSR count). The van der Waals surface area contributed by atoms with Gasteiger partial charge in [0.15, 0.2) is 6.61 Å². The third-order valence-electron chi connectivity index (χ3n) is 4.45. The van der Waals surface area contributed by atoms with E-state index in [1.807, 2.05) is 32.0 Å². The summed E-state index contributed by atoms with van der Waals surface area (Å²) < 4.78 is 10.7. The van der Waals surface area contributed by atoms with Crippen molar-refractivity contribution in [2.75, 3.05) is 18.5 Å². The molecule has 0 aliphatic heterocycles. The Morgan fingerprint density at radius 3 is 2.14 bits per heavy atom. The van der Waals surface area contributed by atoms with Gasteiger partial charge in [0.05, 0.1) is 12.2 Å². The summed E-state index contributed by atoms with van der Waals surface area (Å²) in [4.78, 5) is 24.5. The Labute approximate surface area is 167 Å². The summed E-state index contributed by atoms with van der Waals surface area (Å²) in [5.41, 5.74) is 3.34. The summed E-state index contributed by atoms with van der Waals surface area (Å²) in [6.45, 7) is 6.51. The van der Waals surface area contributed by atoms with Crippen LogP contribution < -0.4 is 10.1 Å². The molecule has 0 radical (unpaired) electrons. The van der Waals surface area contributed by atoms with E-state index in [-0.39, 0.29) is 12.5 Å². The number of para-hydroxylation sites is 1. The predicted octanol–water partition coefficient (Wildman–Crippen LogP) is 4.79. The molecule has 0 aliphatic carbocycles. The molecule has 5 nitrogen and oxygen atoms in total. The Bertz CT molecular complexity index is 761. The van der Waals surface area contributed by atoms with Gasteiger partial charge in [-0.25, -0.2) is 4.79 Å². The molecule has 2 aromatic carbocycles. The molecular formula is C23H29NO4. The number of hydrogen-bond acceptors (Lipinski definition) is 4. The summed E-state index contributed by atoms with van der Waals surface area (Å²) in [6, 6.07) is 12.7. The van der Waals surface area contributed by atoms with Crippen molar-refractivity contribution in [2.24, 2.45) is 0 Å². The van der Waals surface area contributed by atoms with E-state index >= 15 is 0 Å². The molecule has 0 unspecified atom stereocenters. The molecule has 0 heterocycles. The Hall–Kier alpha value is -2.82. The van der Waals surface area contributed by atoms with Gasteiger partial charge in [0.1, 0.15) is 5.75 Å². The van der Waals surface area contributed by atoms with Crippen molar-refractivity contribution < 1.29 is 19.1 Å². The second kappa shape index (κ2) is 11.1. The Balaban J connectivity index is 1.90. The number of benzene rings is 2. The smallest absolute Gasteiger partial charge is 0.338 e. The molecule has 0 aromatic heterocycles. The first-order valence-corrected chi connectivity index (χ1v) is 9.89. The van der Waals surface area contributed by atoms with E-state index in [1.165, 1.54) is 0 Å². The lowest BCUT2D eigenvalue weighted by molar-refractivity contribution is -0.119. The standard InChI is InChI=1S/C23H29NO4/c1-4-7-15-27-20-13-11-19(12-14-20)23(26)28-16-21(25)24-22-17(5-2)9-8-10-18(22)6-3/h8-14H,4-7,15-16H2,1-3H3,(H,24,25). The lowest BCUT2D eigenvalue weighted by Gasteiger charge is -2.14. The first-order chi connectivity index (χ1) is 13.6. The normalized spacial score (nSPS) is 10.4. The van der Waals surface area contributed by atoms with Gasteiger partial charge in [0.2, 0.25) is 0 Å². The van der Waals surface area contributed by atoms with Crippen LogP contribution in [0.1, 0.15) is 55.1 Å². The summed E-state index contributed by atoms with van der Waals surface area (Å²) in [7, 11) is 0. The number of ether oxygens (including phenoxy) is 2. The quantitative estimate of drug-likeness (QED) is 0.473. The summed E-state index contributed by atoms with van der Waals surface area (Å²) >= 11 is 0. The highest BCUT2D eigenvalue weighted by atomic mass is 16.5. The number of hydrogen-bond donors (Lipinski definition) is 1. The van der Waals surface area contributed by atoms with Gasteiger partial charge in [-0.05, 0) is 54.7 Å². The minimum atomic E-state index is -0.533. The van der Waals surface area contributed by atoms with E-state index in [1.54, 1.807) is 24.3 Å². The predicted molar refractivity (Wildman–Crippen MR) is 111 cm³/mol. The Morgan fingerprint density at radius 1 is 0.929 bits per heavy atom. The van der Waals surface area contributed by atoms with E-state index in [9.17, 15) is 9.59 Å². The second-order valence-electron chi connectivity index (χ2n) is 6.51. The zero-order valence-electron chi connectivity index (χ0n) is 16.9. The topological polar surface area (TPSA) is 64.6 Å². The van der Waals surface area contributed by atoms with Gasteiger partial charge in [0.25, 0.3) is 5.91 Å². The average molecular weight is 383 g/mol. The maximum Gasteiger partial charge on any atom is 0.338 e. The van der Waals surface area contributed by atoms with Gasteiger partial charge in [-0.2, -0.15) is 0 Å². The van der Waals surface area contributed by atoms with E-state index < -0.39 is 5.97 Å². The first kappa shape index (κ1) is 21.5. The number of amides is 1. The minimum Gasteiger partial charge on any atom is -0.494 e. The number of carbonyl (C=O) groups is 2. The molecule has 0 fully saturated rings. The number of rotatable bonds is 10. The van der Waals surface area contributed by atoms with Crippen molar-refractivity contribution >= 4 is 17.6 Å². The van der Waals surface area contributed by atoms with Gasteiger partial charge in [0, 0.05) is 5.69 Å². The maximum absolute atomic E-state index is 12.3. The van der Waals surface area contributed by atoms with Gasteiger partial charge >= 0.3 is 5.97 Å². The highest BCUT2D eigenvalue weighted by Gasteiger charge is 2.13. The molecule has 0 saturated heterocycles. The molecule has 0 aliphatic rings. The van der Waals surface area contributed by atoms with Crippen LogP contribution in [0.15, 0.2) is 42.5 Å². The molecule has 0 saturated carbocycles. The third kappa shape index (κ3) is 6.12. The van der Waals surface area contributed by atoms with Crippen LogP contribution in [-0.2, 0) is 22.4 Å². The van der Waals surface area contributed by atoms with E-state index in [0.717, 1.165) is 42.5 Å². The molecule has 2 aromatic rings. The minimum absolute atomic E-state index is 0.325. The van der Waals surface area contributed by atoms with Crippen molar-refractivity contribution in [1.82, 2.24) is 0 Å². The molecule has 0 atom stereocenters. The number of esters is 1. The molecular weight excluding hydrogens is 354 g/mol. The molecule has 5 heteroatoms. The number of unbranched alkanes of at least 4 members (excludes halogenated alkanes) is 1.